The predicted molar refractivity (Wildman–Crippen MR) is 114 cm³/mol. The smallest absolute Gasteiger partial charge is 0.243 e. The quantitative estimate of drug-likeness (QED) is 0.583. The molecular formula is C22H33N5O2. The van der Waals surface area contributed by atoms with E-state index < -0.39 is 0 Å². The van der Waals surface area contributed by atoms with Crippen LogP contribution in [0.4, 0.5) is 0 Å². The minimum Gasteiger partial charge on any atom is -0.493 e. The second-order valence-corrected chi connectivity index (χ2v) is 8.51. The molecule has 1 atom stereocenters. The molecule has 1 aromatic carbocycles. The lowest BCUT2D eigenvalue weighted by Crippen LogP contribution is -2.50. The van der Waals surface area contributed by atoms with Crippen molar-refractivity contribution in [1.29, 1.82) is 0 Å². The Labute approximate surface area is 173 Å². The summed E-state index contributed by atoms with van der Waals surface area (Å²) in [4.78, 5) is 20.9. The number of guanidine groups is 1. The second-order valence-electron chi connectivity index (χ2n) is 8.51. The number of fused-ring (bicyclic) bond motifs is 1. The maximum atomic E-state index is 12.1. The first-order valence-electron chi connectivity index (χ1n) is 10.8. The fraction of sp³-hybridized carbons (Fsp3) is 0.636. The number of likely N-dealkylation sites (tertiary alicyclic amines) is 1. The SMILES string of the molecule is CN(C)C(=O)CN=C(NC1CCN(C2CC2)CC1)NC1CCOc2ccccc21. The van der Waals surface area contributed by atoms with E-state index in [4.69, 9.17) is 4.74 Å². The molecule has 158 valence electrons. The van der Waals surface area contributed by atoms with Crippen molar-refractivity contribution in [3.63, 3.8) is 0 Å². The van der Waals surface area contributed by atoms with Crippen LogP contribution in [0.3, 0.4) is 0 Å². The first-order chi connectivity index (χ1) is 14.1. The highest BCUT2D eigenvalue weighted by Gasteiger charge is 2.32. The summed E-state index contributed by atoms with van der Waals surface area (Å²) in [7, 11) is 3.53. The molecule has 0 bridgehead atoms. The van der Waals surface area contributed by atoms with Crippen LogP contribution in [0.2, 0.25) is 0 Å². The monoisotopic (exact) mass is 399 g/mol. The van der Waals surface area contributed by atoms with Gasteiger partial charge in [0, 0.05) is 51.3 Å². The highest BCUT2D eigenvalue weighted by molar-refractivity contribution is 5.85. The van der Waals surface area contributed by atoms with E-state index in [9.17, 15) is 4.79 Å². The van der Waals surface area contributed by atoms with Gasteiger partial charge in [-0.1, -0.05) is 18.2 Å². The van der Waals surface area contributed by atoms with Gasteiger partial charge in [-0.25, -0.2) is 4.99 Å². The molecule has 2 fully saturated rings. The number of carbonyl (C=O) groups is 1. The van der Waals surface area contributed by atoms with Crippen LogP contribution in [0.25, 0.3) is 0 Å². The van der Waals surface area contributed by atoms with E-state index in [1.54, 1.807) is 19.0 Å². The third kappa shape index (κ3) is 5.21. The molecule has 1 aromatic rings. The molecule has 1 aliphatic carbocycles. The van der Waals surface area contributed by atoms with E-state index in [2.05, 4.69) is 26.6 Å². The fourth-order valence-electron chi connectivity index (χ4n) is 4.12. The molecule has 1 amide bonds. The number of hydrogen-bond acceptors (Lipinski definition) is 4. The number of rotatable bonds is 5. The molecule has 7 heteroatoms. The van der Waals surface area contributed by atoms with Gasteiger partial charge in [0.1, 0.15) is 12.3 Å². The first-order valence-corrected chi connectivity index (χ1v) is 10.8. The van der Waals surface area contributed by atoms with Crippen LogP contribution in [-0.2, 0) is 4.79 Å². The predicted octanol–water partition coefficient (Wildman–Crippen LogP) is 1.76. The summed E-state index contributed by atoms with van der Waals surface area (Å²) in [5, 5.41) is 7.18. The van der Waals surface area contributed by atoms with Crippen LogP contribution in [0.1, 0.15) is 43.7 Å². The van der Waals surface area contributed by atoms with Crippen LogP contribution in [0.15, 0.2) is 29.3 Å². The molecule has 7 nitrogen and oxygen atoms in total. The molecule has 1 saturated heterocycles. The number of aliphatic imine (C=N–C) groups is 1. The minimum atomic E-state index is 0.00188. The number of piperidine rings is 1. The average molecular weight is 400 g/mol. The molecule has 0 aromatic heterocycles. The Morgan fingerprint density at radius 1 is 1.14 bits per heavy atom. The maximum Gasteiger partial charge on any atom is 0.243 e. The molecule has 3 aliphatic rings. The van der Waals surface area contributed by atoms with Crippen LogP contribution in [0, 0.1) is 0 Å². The third-order valence-electron chi connectivity index (χ3n) is 6.07. The van der Waals surface area contributed by atoms with Gasteiger partial charge in [-0.05, 0) is 31.7 Å². The maximum absolute atomic E-state index is 12.1. The van der Waals surface area contributed by atoms with Crippen molar-refractivity contribution in [3.05, 3.63) is 29.8 Å². The molecule has 4 rings (SSSR count). The Bertz CT molecular complexity index is 738. The number of likely N-dealkylation sites (N-methyl/N-ethyl adjacent to an activating group) is 1. The lowest BCUT2D eigenvalue weighted by molar-refractivity contribution is -0.127. The fourth-order valence-corrected chi connectivity index (χ4v) is 4.12. The lowest BCUT2D eigenvalue weighted by Gasteiger charge is -2.34. The van der Waals surface area contributed by atoms with Gasteiger partial charge in [-0.15, -0.1) is 0 Å². The highest BCUT2D eigenvalue weighted by Crippen LogP contribution is 2.32. The number of carbonyl (C=O) groups excluding carboxylic acids is 1. The Morgan fingerprint density at radius 3 is 2.62 bits per heavy atom. The van der Waals surface area contributed by atoms with Gasteiger partial charge in [0.05, 0.1) is 12.6 Å². The Balaban J connectivity index is 1.42. The van der Waals surface area contributed by atoms with Crippen molar-refractivity contribution in [3.8, 4) is 5.75 Å². The van der Waals surface area contributed by atoms with Crippen LogP contribution in [-0.4, -0.2) is 74.1 Å². The van der Waals surface area contributed by atoms with Crippen molar-refractivity contribution >= 4 is 11.9 Å². The average Bonchev–Trinajstić information content (AvgIpc) is 3.58. The molecule has 0 spiro atoms. The number of nitrogens with zero attached hydrogens (tertiary/aromatic N) is 3. The minimum absolute atomic E-state index is 0.00188. The molecular weight excluding hydrogens is 366 g/mol. The number of ether oxygens (including phenoxy) is 1. The van der Waals surface area contributed by atoms with Crippen molar-refractivity contribution < 1.29 is 9.53 Å². The summed E-state index contributed by atoms with van der Waals surface area (Å²) >= 11 is 0. The van der Waals surface area contributed by atoms with Crippen molar-refractivity contribution in [2.24, 2.45) is 4.99 Å². The van der Waals surface area contributed by atoms with E-state index in [-0.39, 0.29) is 18.5 Å². The number of nitrogens with one attached hydrogen (secondary N) is 2. The van der Waals surface area contributed by atoms with Gasteiger partial charge in [0.2, 0.25) is 5.91 Å². The van der Waals surface area contributed by atoms with E-state index in [0.717, 1.165) is 55.7 Å². The number of benzene rings is 1. The van der Waals surface area contributed by atoms with Crippen molar-refractivity contribution in [1.82, 2.24) is 20.4 Å². The summed E-state index contributed by atoms with van der Waals surface area (Å²) in [6.45, 7) is 3.12. The van der Waals surface area contributed by atoms with Gasteiger partial charge in [-0.3, -0.25) is 4.79 Å². The van der Waals surface area contributed by atoms with E-state index in [1.807, 2.05) is 18.2 Å². The lowest BCUT2D eigenvalue weighted by atomic mass is 10.0. The zero-order chi connectivity index (χ0) is 20.2. The second kappa shape index (κ2) is 9.03. The Hall–Kier alpha value is -2.28. The zero-order valence-electron chi connectivity index (χ0n) is 17.6. The summed E-state index contributed by atoms with van der Waals surface area (Å²) in [6, 6.07) is 9.50. The summed E-state index contributed by atoms with van der Waals surface area (Å²) in [6.07, 6.45) is 5.83. The van der Waals surface area contributed by atoms with Crippen LogP contribution in [0.5, 0.6) is 5.75 Å². The number of hydrogen-bond donors (Lipinski definition) is 2. The van der Waals surface area contributed by atoms with Crippen molar-refractivity contribution in [2.75, 3.05) is 40.3 Å². The molecule has 2 N–H and O–H groups in total. The van der Waals surface area contributed by atoms with E-state index in [0.29, 0.717) is 12.6 Å². The Morgan fingerprint density at radius 2 is 1.90 bits per heavy atom. The Kier molecular flexibility index (Phi) is 6.23. The van der Waals surface area contributed by atoms with Gasteiger partial charge in [0.15, 0.2) is 5.96 Å². The van der Waals surface area contributed by atoms with Crippen LogP contribution < -0.4 is 15.4 Å². The van der Waals surface area contributed by atoms with E-state index >= 15 is 0 Å². The normalized spacial score (nSPS) is 23.1. The highest BCUT2D eigenvalue weighted by atomic mass is 16.5. The summed E-state index contributed by atoms with van der Waals surface area (Å²) in [5.74, 6) is 1.66. The number of para-hydroxylation sites is 1. The number of amides is 1. The van der Waals surface area contributed by atoms with Gasteiger partial charge < -0.3 is 25.2 Å². The molecule has 0 radical (unpaired) electrons. The summed E-state index contributed by atoms with van der Waals surface area (Å²) < 4.78 is 5.79. The largest absolute Gasteiger partial charge is 0.493 e. The third-order valence-corrected chi connectivity index (χ3v) is 6.07. The zero-order valence-corrected chi connectivity index (χ0v) is 17.6. The molecule has 1 unspecified atom stereocenters. The van der Waals surface area contributed by atoms with Gasteiger partial charge in [-0.2, -0.15) is 0 Å². The molecule has 29 heavy (non-hydrogen) atoms. The van der Waals surface area contributed by atoms with Crippen molar-refractivity contribution in [2.45, 2.75) is 50.2 Å². The van der Waals surface area contributed by atoms with E-state index in [1.165, 1.54) is 12.8 Å². The summed E-state index contributed by atoms with van der Waals surface area (Å²) in [5.41, 5.74) is 1.15. The first kappa shape index (κ1) is 20.0. The van der Waals surface area contributed by atoms with Gasteiger partial charge in [0.25, 0.3) is 0 Å². The van der Waals surface area contributed by atoms with Gasteiger partial charge >= 0.3 is 0 Å². The molecule has 1 saturated carbocycles. The topological polar surface area (TPSA) is 69.2 Å². The molecule has 2 aliphatic heterocycles. The standard InChI is InChI=1S/C22H33N5O2/c1-26(2)21(28)15-23-22(24-16-9-12-27(13-10-16)17-7-8-17)25-19-11-14-29-20-6-4-3-5-18(19)20/h3-6,16-17,19H,7-15H2,1-2H3,(H2,23,24,25). The molecule has 2 heterocycles. The van der Waals surface area contributed by atoms with Crippen LogP contribution >= 0.6 is 0 Å².